The van der Waals surface area contributed by atoms with E-state index >= 15 is 0 Å². The van der Waals surface area contributed by atoms with Crippen molar-refractivity contribution in [3.63, 3.8) is 0 Å². The summed E-state index contributed by atoms with van der Waals surface area (Å²) < 4.78 is 0. The highest BCUT2D eigenvalue weighted by atomic mass is 15.4. The molecule has 0 aliphatic carbocycles. The van der Waals surface area contributed by atoms with Crippen molar-refractivity contribution < 1.29 is 0 Å². The summed E-state index contributed by atoms with van der Waals surface area (Å²) in [5.41, 5.74) is 0. The first kappa shape index (κ1) is 6.99. The summed E-state index contributed by atoms with van der Waals surface area (Å²) in [7, 11) is 4.20. The summed E-state index contributed by atoms with van der Waals surface area (Å²) in [5.74, 6) is 5.57. The van der Waals surface area contributed by atoms with Gasteiger partial charge in [-0.2, -0.15) is 0 Å². The van der Waals surface area contributed by atoms with Crippen LogP contribution in [-0.4, -0.2) is 43.1 Å². The van der Waals surface area contributed by atoms with E-state index in [1.165, 1.54) is 6.42 Å². The van der Waals surface area contributed by atoms with Crippen molar-refractivity contribution in [3.05, 3.63) is 0 Å². The molecule has 1 atom stereocenters. The summed E-state index contributed by atoms with van der Waals surface area (Å²) in [4.78, 5) is 2.23. The molecule has 3 nitrogen and oxygen atoms in total. The summed E-state index contributed by atoms with van der Waals surface area (Å²) in [6.45, 7) is 2.07. The number of hydrogen-bond donors (Lipinski definition) is 1. The van der Waals surface area contributed by atoms with Gasteiger partial charge in [-0.25, -0.2) is 5.01 Å². The molecule has 0 bridgehead atoms. The molecular formula is C6H15N3. The molecule has 0 unspecified atom stereocenters. The summed E-state index contributed by atoms with van der Waals surface area (Å²) in [6, 6.07) is 0.676. The first-order valence-electron chi connectivity index (χ1n) is 3.36. The maximum absolute atomic E-state index is 5.57. The zero-order valence-electron chi connectivity index (χ0n) is 6.17. The minimum absolute atomic E-state index is 0.676. The average molecular weight is 129 g/mol. The third-order valence-electron chi connectivity index (χ3n) is 1.93. The lowest BCUT2D eigenvalue weighted by atomic mass is 10.2. The molecule has 3 heteroatoms. The summed E-state index contributed by atoms with van der Waals surface area (Å²) in [5, 5.41) is 1.88. The monoisotopic (exact) mass is 129 g/mol. The zero-order chi connectivity index (χ0) is 6.85. The minimum atomic E-state index is 0.676. The van der Waals surface area contributed by atoms with E-state index in [4.69, 9.17) is 5.84 Å². The SMILES string of the molecule is CN(C)[C@H]1CCN(N)C1. The van der Waals surface area contributed by atoms with Crippen LogP contribution in [0.5, 0.6) is 0 Å². The molecule has 0 aromatic rings. The van der Waals surface area contributed by atoms with E-state index in [2.05, 4.69) is 19.0 Å². The van der Waals surface area contributed by atoms with Crippen molar-refractivity contribution in [2.45, 2.75) is 12.5 Å². The highest BCUT2D eigenvalue weighted by molar-refractivity contribution is 4.76. The smallest absolute Gasteiger partial charge is 0.0285 e. The van der Waals surface area contributed by atoms with E-state index in [1.54, 1.807) is 0 Å². The van der Waals surface area contributed by atoms with Crippen molar-refractivity contribution in [2.24, 2.45) is 5.84 Å². The Morgan fingerprint density at radius 2 is 2.22 bits per heavy atom. The molecule has 1 aliphatic rings. The van der Waals surface area contributed by atoms with Crippen LogP contribution in [0.25, 0.3) is 0 Å². The molecule has 9 heavy (non-hydrogen) atoms. The molecular weight excluding hydrogens is 114 g/mol. The molecule has 1 rings (SSSR count). The van der Waals surface area contributed by atoms with Gasteiger partial charge in [-0.1, -0.05) is 0 Å². The van der Waals surface area contributed by atoms with Crippen LogP contribution in [0, 0.1) is 0 Å². The fourth-order valence-electron chi connectivity index (χ4n) is 1.19. The van der Waals surface area contributed by atoms with Crippen LogP contribution in [-0.2, 0) is 0 Å². The van der Waals surface area contributed by atoms with E-state index in [0.29, 0.717) is 6.04 Å². The Hall–Kier alpha value is -0.120. The van der Waals surface area contributed by atoms with Crippen molar-refractivity contribution in [1.82, 2.24) is 9.91 Å². The van der Waals surface area contributed by atoms with E-state index in [9.17, 15) is 0 Å². The molecule has 1 fully saturated rings. The van der Waals surface area contributed by atoms with Gasteiger partial charge in [0.2, 0.25) is 0 Å². The Morgan fingerprint density at radius 1 is 1.56 bits per heavy atom. The molecule has 1 saturated heterocycles. The van der Waals surface area contributed by atoms with Crippen LogP contribution in [0.15, 0.2) is 0 Å². The number of hydrazine groups is 1. The molecule has 54 valence electrons. The molecule has 2 N–H and O–H groups in total. The molecule has 0 amide bonds. The van der Waals surface area contributed by atoms with E-state index in [1.807, 2.05) is 5.01 Å². The van der Waals surface area contributed by atoms with Gasteiger partial charge in [-0.15, -0.1) is 0 Å². The fraction of sp³-hybridized carbons (Fsp3) is 1.00. The van der Waals surface area contributed by atoms with Crippen LogP contribution in [0.1, 0.15) is 6.42 Å². The van der Waals surface area contributed by atoms with Gasteiger partial charge < -0.3 is 4.90 Å². The quantitative estimate of drug-likeness (QED) is 0.484. The van der Waals surface area contributed by atoms with Crippen molar-refractivity contribution >= 4 is 0 Å². The molecule has 0 aromatic heterocycles. The van der Waals surface area contributed by atoms with Crippen LogP contribution >= 0.6 is 0 Å². The number of likely N-dealkylation sites (N-methyl/N-ethyl adjacent to an activating group) is 1. The van der Waals surface area contributed by atoms with Crippen LogP contribution in [0.4, 0.5) is 0 Å². The van der Waals surface area contributed by atoms with Crippen LogP contribution in [0.2, 0.25) is 0 Å². The third-order valence-corrected chi connectivity index (χ3v) is 1.93. The number of nitrogens with two attached hydrogens (primary N) is 1. The number of nitrogens with zero attached hydrogens (tertiary/aromatic N) is 2. The topological polar surface area (TPSA) is 32.5 Å². The Balaban J connectivity index is 2.30. The number of hydrogen-bond acceptors (Lipinski definition) is 3. The van der Waals surface area contributed by atoms with Gasteiger partial charge in [-0.3, -0.25) is 5.84 Å². The summed E-state index contributed by atoms with van der Waals surface area (Å²) in [6.07, 6.45) is 1.21. The van der Waals surface area contributed by atoms with Gasteiger partial charge in [0.1, 0.15) is 0 Å². The fourth-order valence-corrected chi connectivity index (χ4v) is 1.19. The lowest BCUT2D eigenvalue weighted by molar-refractivity contribution is 0.273. The predicted molar refractivity (Wildman–Crippen MR) is 37.9 cm³/mol. The maximum Gasteiger partial charge on any atom is 0.0285 e. The van der Waals surface area contributed by atoms with Gasteiger partial charge in [0.05, 0.1) is 0 Å². The average Bonchev–Trinajstić information content (AvgIpc) is 2.14. The van der Waals surface area contributed by atoms with Crippen molar-refractivity contribution in [2.75, 3.05) is 27.2 Å². The van der Waals surface area contributed by atoms with Gasteiger partial charge in [-0.05, 0) is 20.5 Å². The van der Waals surface area contributed by atoms with Crippen LogP contribution < -0.4 is 5.84 Å². The predicted octanol–water partition coefficient (Wildman–Crippen LogP) is -0.504. The van der Waals surface area contributed by atoms with E-state index in [-0.39, 0.29) is 0 Å². The van der Waals surface area contributed by atoms with Gasteiger partial charge in [0, 0.05) is 19.1 Å². The van der Waals surface area contributed by atoms with Gasteiger partial charge >= 0.3 is 0 Å². The Labute approximate surface area is 56.4 Å². The van der Waals surface area contributed by atoms with E-state index in [0.717, 1.165) is 13.1 Å². The molecule has 1 aliphatic heterocycles. The number of rotatable bonds is 1. The highest BCUT2D eigenvalue weighted by Gasteiger charge is 2.20. The summed E-state index contributed by atoms with van der Waals surface area (Å²) >= 11 is 0. The molecule has 0 saturated carbocycles. The third kappa shape index (κ3) is 1.64. The van der Waals surface area contributed by atoms with Crippen molar-refractivity contribution in [3.8, 4) is 0 Å². The second kappa shape index (κ2) is 2.64. The minimum Gasteiger partial charge on any atom is -0.305 e. The van der Waals surface area contributed by atoms with Crippen LogP contribution in [0.3, 0.4) is 0 Å². The molecule has 0 spiro atoms. The molecule has 0 radical (unpaired) electrons. The normalized spacial score (nSPS) is 30.0. The Kier molecular flexibility index (Phi) is 2.05. The first-order chi connectivity index (χ1) is 4.20. The lowest BCUT2D eigenvalue weighted by Crippen LogP contribution is -2.34. The van der Waals surface area contributed by atoms with Gasteiger partial charge in [0.25, 0.3) is 0 Å². The lowest BCUT2D eigenvalue weighted by Gasteiger charge is -2.17. The Morgan fingerprint density at radius 3 is 2.44 bits per heavy atom. The second-order valence-corrected chi connectivity index (χ2v) is 2.90. The largest absolute Gasteiger partial charge is 0.305 e. The highest BCUT2D eigenvalue weighted by Crippen LogP contribution is 2.08. The molecule has 0 aromatic carbocycles. The maximum atomic E-state index is 5.57. The van der Waals surface area contributed by atoms with Gasteiger partial charge in [0.15, 0.2) is 0 Å². The Bertz CT molecular complexity index is 92.3. The second-order valence-electron chi connectivity index (χ2n) is 2.90. The first-order valence-corrected chi connectivity index (χ1v) is 3.36. The van der Waals surface area contributed by atoms with Crippen molar-refractivity contribution in [1.29, 1.82) is 0 Å². The van der Waals surface area contributed by atoms with E-state index < -0.39 is 0 Å². The standard InChI is InChI=1S/C6H15N3/c1-8(2)6-3-4-9(7)5-6/h6H,3-5,7H2,1-2H3/t6-/m0/s1. The zero-order valence-corrected chi connectivity index (χ0v) is 6.17. The molecule has 1 heterocycles.